The SMILES string of the molecule is Cc1ccc(-c2noc(C(C)OC(=O)c3sc4nc5n(c(=O)c4c3C)CCCCC5)n2)cc1F. The summed E-state index contributed by atoms with van der Waals surface area (Å²) in [6.45, 7) is 5.67. The number of esters is 1. The molecule has 0 fully saturated rings. The highest BCUT2D eigenvalue weighted by Gasteiger charge is 2.26. The quantitative estimate of drug-likeness (QED) is 0.381. The summed E-state index contributed by atoms with van der Waals surface area (Å²) in [7, 11) is 0. The Balaban J connectivity index is 1.40. The van der Waals surface area contributed by atoms with Crippen LogP contribution in [0.25, 0.3) is 21.6 Å². The van der Waals surface area contributed by atoms with E-state index in [-0.39, 0.29) is 23.1 Å². The number of rotatable bonds is 4. The molecule has 0 N–H and O–H groups in total. The third-order valence-corrected chi connectivity index (χ3v) is 7.27. The lowest BCUT2D eigenvalue weighted by Crippen LogP contribution is -2.24. The van der Waals surface area contributed by atoms with Crippen molar-refractivity contribution >= 4 is 27.5 Å². The van der Waals surface area contributed by atoms with Crippen LogP contribution in [0.1, 0.15) is 64.8 Å². The number of fused-ring (bicyclic) bond motifs is 2. The predicted octanol–water partition coefficient (Wildman–Crippen LogP) is 4.91. The maximum atomic E-state index is 13.9. The summed E-state index contributed by atoms with van der Waals surface area (Å²) >= 11 is 1.16. The number of aromatic nitrogens is 4. The second-order valence-electron chi connectivity index (χ2n) is 8.50. The van der Waals surface area contributed by atoms with E-state index in [1.54, 1.807) is 37.5 Å². The first kappa shape index (κ1) is 22.4. The first-order valence-corrected chi connectivity index (χ1v) is 12.0. The predicted molar refractivity (Wildman–Crippen MR) is 124 cm³/mol. The van der Waals surface area contributed by atoms with Gasteiger partial charge in [0.05, 0.1) is 5.39 Å². The molecule has 3 aromatic heterocycles. The summed E-state index contributed by atoms with van der Waals surface area (Å²) in [6, 6.07) is 4.65. The molecule has 0 saturated heterocycles. The fourth-order valence-corrected chi connectivity index (χ4v) is 5.19. The Kier molecular flexibility index (Phi) is 5.76. The van der Waals surface area contributed by atoms with E-state index in [0.717, 1.165) is 42.8 Å². The van der Waals surface area contributed by atoms with Gasteiger partial charge in [-0.05, 0) is 50.8 Å². The van der Waals surface area contributed by atoms with Gasteiger partial charge in [-0.25, -0.2) is 14.2 Å². The van der Waals surface area contributed by atoms with E-state index in [0.29, 0.717) is 38.3 Å². The molecule has 0 aliphatic carbocycles. The van der Waals surface area contributed by atoms with Crippen LogP contribution in [-0.2, 0) is 17.7 Å². The summed E-state index contributed by atoms with van der Waals surface area (Å²) in [5.74, 6) is 0.108. The molecule has 8 nitrogen and oxygen atoms in total. The molecular formula is C24H23FN4O4S. The highest BCUT2D eigenvalue weighted by molar-refractivity contribution is 7.20. The number of ether oxygens (including phenoxy) is 1. The Morgan fingerprint density at radius 1 is 1.24 bits per heavy atom. The van der Waals surface area contributed by atoms with Crippen molar-refractivity contribution in [3.8, 4) is 11.4 Å². The van der Waals surface area contributed by atoms with Gasteiger partial charge < -0.3 is 9.26 Å². The molecule has 0 bridgehead atoms. The number of benzene rings is 1. The summed E-state index contributed by atoms with van der Waals surface area (Å²) in [6.07, 6.45) is 2.93. The van der Waals surface area contributed by atoms with Crippen LogP contribution in [0.3, 0.4) is 0 Å². The standard InChI is InChI=1S/C24H23FN4O4S/c1-12-8-9-15(11-16(12)25)20-27-21(33-28-20)14(3)32-24(31)19-13(2)18-22(34-19)26-17-7-5-4-6-10-29(17)23(18)30/h8-9,11,14H,4-7,10H2,1-3H3. The molecule has 0 saturated carbocycles. The molecule has 0 spiro atoms. The zero-order valence-electron chi connectivity index (χ0n) is 19.1. The van der Waals surface area contributed by atoms with Gasteiger partial charge in [-0.3, -0.25) is 9.36 Å². The summed E-state index contributed by atoms with van der Waals surface area (Å²) < 4.78 is 26.4. The molecule has 0 amide bonds. The number of carbonyl (C=O) groups is 1. The third kappa shape index (κ3) is 3.91. The summed E-state index contributed by atoms with van der Waals surface area (Å²) in [5, 5.41) is 4.35. The van der Waals surface area contributed by atoms with Crippen LogP contribution in [0.15, 0.2) is 27.5 Å². The van der Waals surface area contributed by atoms with Crippen molar-refractivity contribution in [2.24, 2.45) is 0 Å². The van der Waals surface area contributed by atoms with Crippen molar-refractivity contribution in [3.63, 3.8) is 0 Å². The van der Waals surface area contributed by atoms with Crippen molar-refractivity contribution in [2.45, 2.75) is 59.1 Å². The molecule has 1 aliphatic rings. The second kappa shape index (κ2) is 8.75. The van der Waals surface area contributed by atoms with Gasteiger partial charge in [0.25, 0.3) is 11.4 Å². The smallest absolute Gasteiger partial charge is 0.349 e. The first-order valence-electron chi connectivity index (χ1n) is 11.2. The lowest BCUT2D eigenvalue weighted by atomic mass is 10.1. The Morgan fingerprint density at radius 2 is 2.06 bits per heavy atom. The van der Waals surface area contributed by atoms with Gasteiger partial charge in [0.1, 0.15) is 21.3 Å². The molecule has 4 aromatic rings. The topological polar surface area (TPSA) is 100 Å². The second-order valence-corrected chi connectivity index (χ2v) is 9.50. The number of thiophene rings is 1. The van der Waals surface area contributed by atoms with E-state index in [1.165, 1.54) is 6.07 Å². The van der Waals surface area contributed by atoms with Gasteiger partial charge in [-0.15, -0.1) is 11.3 Å². The average Bonchev–Trinajstić information content (AvgIpc) is 3.34. The highest BCUT2D eigenvalue weighted by atomic mass is 32.1. The summed E-state index contributed by atoms with van der Waals surface area (Å²) in [5.41, 5.74) is 1.44. The minimum Gasteiger partial charge on any atom is -0.448 e. The largest absolute Gasteiger partial charge is 0.448 e. The molecular weight excluding hydrogens is 459 g/mol. The molecule has 4 heterocycles. The van der Waals surface area contributed by atoms with Gasteiger partial charge in [0.15, 0.2) is 6.10 Å². The Morgan fingerprint density at radius 3 is 2.85 bits per heavy atom. The van der Waals surface area contributed by atoms with Crippen LogP contribution >= 0.6 is 11.3 Å². The van der Waals surface area contributed by atoms with Crippen LogP contribution in [0.4, 0.5) is 4.39 Å². The van der Waals surface area contributed by atoms with Crippen LogP contribution < -0.4 is 5.56 Å². The molecule has 1 unspecified atom stereocenters. The van der Waals surface area contributed by atoms with E-state index in [9.17, 15) is 14.0 Å². The molecule has 1 atom stereocenters. The molecule has 176 valence electrons. The van der Waals surface area contributed by atoms with Crippen LogP contribution in [-0.4, -0.2) is 25.7 Å². The molecule has 5 rings (SSSR count). The van der Waals surface area contributed by atoms with Crippen LogP contribution in [0.2, 0.25) is 0 Å². The van der Waals surface area contributed by atoms with E-state index >= 15 is 0 Å². The van der Waals surface area contributed by atoms with Crippen LogP contribution in [0, 0.1) is 19.7 Å². The minimum atomic E-state index is -0.834. The minimum absolute atomic E-state index is 0.0907. The zero-order valence-corrected chi connectivity index (χ0v) is 19.9. The average molecular weight is 483 g/mol. The number of hydrogen-bond acceptors (Lipinski definition) is 8. The van der Waals surface area contributed by atoms with Crippen LogP contribution in [0.5, 0.6) is 0 Å². The summed E-state index contributed by atoms with van der Waals surface area (Å²) in [4.78, 5) is 35.9. The Bertz CT molecular complexity index is 1470. The monoisotopic (exact) mass is 482 g/mol. The van der Waals surface area contributed by atoms with Crippen molar-refractivity contribution in [1.29, 1.82) is 0 Å². The first-order chi connectivity index (χ1) is 16.3. The van der Waals surface area contributed by atoms with E-state index in [4.69, 9.17) is 14.2 Å². The molecule has 1 aliphatic heterocycles. The molecule has 10 heteroatoms. The van der Waals surface area contributed by atoms with Gasteiger partial charge in [0.2, 0.25) is 5.82 Å². The van der Waals surface area contributed by atoms with E-state index in [1.807, 2.05) is 0 Å². The fraction of sp³-hybridized carbons (Fsp3) is 0.375. The van der Waals surface area contributed by atoms with Crippen molar-refractivity contribution < 1.29 is 18.4 Å². The Hall–Kier alpha value is -3.40. The third-order valence-electron chi connectivity index (χ3n) is 6.10. The normalized spacial score (nSPS) is 14.6. The Labute approximate surface area is 198 Å². The number of nitrogens with zero attached hydrogens (tertiary/aromatic N) is 4. The number of hydrogen-bond donors (Lipinski definition) is 0. The van der Waals surface area contributed by atoms with Crippen molar-refractivity contribution in [2.75, 3.05) is 0 Å². The maximum absolute atomic E-state index is 13.9. The highest BCUT2D eigenvalue weighted by Crippen LogP contribution is 2.31. The molecule has 0 radical (unpaired) electrons. The maximum Gasteiger partial charge on any atom is 0.349 e. The van der Waals surface area contributed by atoms with Crippen molar-refractivity contribution in [1.82, 2.24) is 19.7 Å². The lowest BCUT2D eigenvalue weighted by Gasteiger charge is -2.08. The van der Waals surface area contributed by atoms with E-state index in [2.05, 4.69) is 10.1 Å². The lowest BCUT2D eigenvalue weighted by molar-refractivity contribution is 0.0270. The fourth-order valence-electron chi connectivity index (χ4n) is 4.12. The number of carbonyl (C=O) groups excluding carboxylic acids is 1. The number of halogens is 1. The van der Waals surface area contributed by atoms with Crippen molar-refractivity contribution in [3.05, 3.63) is 62.1 Å². The molecule has 34 heavy (non-hydrogen) atoms. The molecule has 1 aromatic carbocycles. The van der Waals surface area contributed by atoms with Gasteiger partial charge in [-0.1, -0.05) is 23.7 Å². The van der Waals surface area contributed by atoms with Gasteiger partial charge in [0, 0.05) is 18.5 Å². The number of aryl methyl sites for hydroxylation is 3. The van der Waals surface area contributed by atoms with E-state index < -0.39 is 12.1 Å². The zero-order chi connectivity index (χ0) is 24.0. The van der Waals surface area contributed by atoms with Gasteiger partial charge >= 0.3 is 5.97 Å². The van der Waals surface area contributed by atoms with Gasteiger partial charge in [-0.2, -0.15) is 4.98 Å².